The Balaban J connectivity index is 2.72. The molecule has 0 saturated heterocycles. The molecule has 1 aromatic carbocycles. The molecule has 0 saturated carbocycles. The van der Waals surface area contributed by atoms with Gasteiger partial charge in [0, 0.05) is 13.0 Å². The smallest absolute Gasteiger partial charge is 0.337 e. The first-order valence-corrected chi connectivity index (χ1v) is 8.01. The number of aromatic nitrogens is 1. The van der Waals surface area contributed by atoms with E-state index in [1.165, 1.54) is 30.7 Å². The van der Waals surface area contributed by atoms with Gasteiger partial charge >= 0.3 is 11.9 Å². The summed E-state index contributed by atoms with van der Waals surface area (Å²) in [5, 5.41) is 9.89. The van der Waals surface area contributed by atoms with E-state index in [9.17, 15) is 19.5 Å². The van der Waals surface area contributed by atoms with Crippen LogP contribution < -0.4 is 5.56 Å². The van der Waals surface area contributed by atoms with E-state index >= 15 is 0 Å². The summed E-state index contributed by atoms with van der Waals surface area (Å²) in [7, 11) is 1.26. The molecular formula is C17H16BrNO6. The molecule has 2 rings (SSSR count). The predicted molar refractivity (Wildman–Crippen MR) is 93.0 cm³/mol. The second-order valence-electron chi connectivity index (χ2n) is 5.25. The summed E-state index contributed by atoms with van der Waals surface area (Å²) in [6.07, 6.45) is 0. The number of aromatic hydroxyl groups is 1. The molecule has 0 unspecified atom stereocenters. The van der Waals surface area contributed by atoms with Crippen molar-refractivity contribution in [3.8, 4) is 11.4 Å². The number of ether oxygens (including phenoxy) is 2. The third-order valence-electron chi connectivity index (χ3n) is 3.50. The average molecular weight is 410 g/mol. The van der Waals surface area contributed by atoms with Crippen LogP contribution in [0.5, 0.6) is 5.75 Å². The topological polar surface area (TPSA) is 94.8 Å². The molecule has 0 spiro atoms. The highest BCUT2D eigenvalue weighted by Gasteiger charge is 2.18. The lowest BCUT2D eigenvalue weighted by Gasteiger charge is -2.17. The lowest BCUT2D eigenvalue weighted by atomic mass is 10.1. The van der Waals surface area contributed by atoms with Crippen molar-refractivity contribution in [1.82, 2.24) is 4.57 Å². The highest BCUT2D eigenvalue weighted by atomic mass is 79.9. The van der Waals surface area contributed by atoms with Crippen LogP contribution in [-0.2, 0) is 20.9 Å². The number of carbonyl (C=O) groups excluding carboxylic acids is 2. The van der Waals surface area contributed by atoms with Crippen molar-refractivity contribution in [1.29, 1.82) is 0 Å². The molecule has 7 nitrogen and oxygen atoms in total. The van der Waals surface area contributed by atoms with Gasteiger partial charge in [0.05, 0.1) is 24.1 Å². The van der Waals surface area contributed by atoms with E-state index in [-0.39, 0.29) is 28.1 Å². The Labute approximate surface area is 151 Å². The zero-order valence-corrected chi connectivity index (χ0v) is 15.4. The predicted octanol–water partition coefficient (Wildman–Crippen LogP) is 2.46. The molecule has 0 atom stereocenters. The van der Waals surface area contributed by atoms with E-state index in [2.05, 4.69) is 15.9 Å². The molecule has 0 aliphatic carbocycles. The van der Waals surface area contributed by atoms with Gasteiger partial charge in [-0.2, -0.15) is 0 Å². The van der Waals surface area contributed by atoms with Crippen molar-refractivity contribution in [3.05, 3.63) is 55.9 Å². The first-order chi connectivity index (χ1) is 11.8. The molecule has 25 heavy (non-hydrogen) atoms. The normalized spacial score (nSPS) is 10.4. The van der Waals surface area contributed by atoms with Gasteiger partial charge in [0.25, 0.3) is 5.56 Å². The van der Waals surface area contributed by atoms with Crippen LogP contribution in [0, 0.1) is 6.92 Å². The molecule has 2 aromatic rings. The minimum absolute atomic E-state index is 0.0399. The van der Waals surface area contributed by atoms with Gasteiger partial charge in [-0.05, 0) is 40.5 Å². The Morgan fingerprint density at radius 1 is 1.28 bits per heavy atom. The molecule has 132 valence electrons. The molecule has 0 amide bonds. The van der Waals surface area contributed by atoms with Gasteiger partial charge in [0.2, 0.25) is 0 Å². The molecule has 0 bridgehead atoms. The number of halogens is 1. The van der Waals surface area contributed by atoms with Gasteiger partial charge in [-0.3, -0.25) is 14.2 Å². The summed E-state index contributed by atoms with van der Waals surface area (Å²) >= 11 is 3.04. The Kier molecular flexibility index (Phi) is 5.63. The minimum atomic E-state index is -0.549. The fourth-order valence-corrected chi connectivity index (χ4v) is 2.56. The fourth-order valence-electron chi connectivity index (χ4n) is 2.26. The van der Waals surface area contributed by atoms with E-state index in [1.54, 1.807) is 19.1 Å². The molecule has 0 aliphatic heterocycles. The van der Waals surface area contributed by atoms with Crippen LogP contribution in [0.15, 0.2) is 33.5 Å². The lowest BCUT2D eigenvalue weighted by molar-refractivity contribution is -0.142. The number of esters is 2. The van der Waals surface area contributed by atoms with E-state index in [0.29, 0.717) is 11.3 Å². The van der Waals surface area contributed by atoms with E-state index in [1.807, 2.05) is 0 Å². The molecule has 1 N–H and O–H groups in total. The minimum Gasteiger partial charge on any atom is -0.506 e. The van der Waals surface area contributed by atoms with Crippen LogP contribution in [0.3, 0.4) is 0 Å². The van der Waals surface area contributed by atoms with E-state index in [4.69, 9.17) is 9.47 Å². The Morgan fingerprint density at radius 2 is 1.96 bits per heavy atom. The van der Waals surface area contributed by atoms with Crippen LogP contribution >= 0.6 is 15.9 Å². The van der Waals surface area contributed by atoms with Crippen molar-refractivity contribution in [3.63, 3.8) is 0 Å². The number of nitrogens with zero attached hydrogens (tertiary/aromatic N) is 1. The van der Waals surface area contributed by atoms with Crippen molar-refractivity contribution >= 4 is 27.9 Å². The van der Waals surface area contributed by atoms with Crippen LogP contribution in [0.4, 0.5) is 0 Å². The van der Waals surface area contributed by atoms with Gasteiger partial charge in [0.15, 0.2) is 0 Å². The molecule has 0 fully saturated rings. The van der Waals surface area contributed by atoms with Crippen LogP contribution in [-0.4, -0.2) is 28.7 Å². The highest BCUT2D eigenvalue weighted by molar-refractivity contribution is 9.10. The standard InChI is InChI=1S/C17H16BrNO6/c1-9-4-5-11(17(23)24-3)6-13(9)19-12(8-25-10(2)20)7-14(21)15(18)16(19)22/h4-7,21H,8H2,1-3H3. The van der Waals surface area contributed by atoms with E-state index < -0.39 is 17.5 Å². The number of aryl methyl sites for hydroxylation is 1. The number of carbonyl (C=O) groups is 2. The molecule has 1 aromatic heterocycles. The number of hydrogen-bond acceptors (Lipinski definition) is 6. The van der Waals surface area contributed by atoms with Crippen molar-refractivity contribution < 1.29 is 24.2 Å². The van der Waals surface area contributed by atoms with Gasteiger partial charge in [0.1, 0.15) is 16.8 Å². The number of benzene rings is 1. The van der Waals surface area contributed by atoms with Crippen LogP contribution in [0.25, 0.3) is 5.69 Å². The monoisotopic (exact) mass is 409 g/mol. The van der Waals surface area contributed by atoms with Crippen molar-refractivity contribution in [2.75, 3.05) is 7.11 Å². The van der Waals surface area contributed by atoms with Gasteiger partial charge in [-0.15, -0.1) is 0 Å². The van der Waals surface area contributed by atoms with Gasteiger partial charge in [-0.25, -0.2) is 4.79 Å². The zero-order valence-electron chi connectivity index (χ0n) is 13.8. The molecular weight excluding hydrogens is 394 g/mol. The van der Waals surface area contributed by atoms with Crippen LogP contribution in [0.2, 0.25) is 0 Å². The second kappa shape index (κ2) is 7.52. The number of pyridine rings is 1. The average Bonchev–Trinajstić information content (AvgIpc) is 2.58. The third-order valence-corrected chi connectivity index (χ3v) is 4.25. The SMILES string of the molecule is COC(=O)c1ccc(C)c(-n2c(COC(C)=O)cc(O)c(Br)c2=O)c1. The number of rotatable bonds is 4. The number of methoxy groups -OCH3 is 1. The Bertz CT molecular complexity index is 903. The van der Waals surface area contributed by atoms with Gasteiger partial charge in [-0.1, -0.05) is 6.07 Å². The maximum Gasteiger partial charge on any atom is 0.337 e. The zero-order chi connectivity index (χ0) is 18.7. The summed E-state index contributed by atoms with van der Waals surface area (Å²) in [5.74, 6) is -1.35. The first kappa shape index (κ1) is 18.7. The molecule has 0 aliphatic rings. The van der Waals surface area contributed by atoms with Crippen molar-refractivity contribution in [2.45, 2.75) is 20.5 Å². The summed E-state index contributed by atoms with van der Waals surface area (Å²) < 4.78 is 10.9. The summed E-state index contributed by atoms with van der Waals surface area (Å²) in [4.78, 5) is 35.6. The van der Waals surface area contributed by atoms with E-state index in [0.717, 1.165) is 0 Å². The quantitative estimate of drug-likeness (QED) is 0.779. The van der Waals surface area contributed by atoms with Crippen molar-refractivity contribution in [2.24, 2.45) is 0 Å². The summed E-state index contributed by atoms with van der Waals surface area (Å²) in [6.45, 7) is 2.79. The third kappa shape index (κ3) is 3.90. The fraction of sp³-hybridized carbons (Fsp3) is 0.235. The molecule has 8 heteroatoms. The maximum atomic E-state index is 12.7. The summed E-state index contributed by atoms with van der Waals surface area (Å²) in [6, 6.07) is 6.07. The Hall–Kier alpha value is -2.61. The first-order valence-electron chi connectivity index (χ1n) is 7.22. The molecule has 1 heterocycles. The largest absolute Gasteiger partial charge is 0.506 e. The molecule has 0 radical (unpaired) electrons. The summed E-state index contributed by atoms with van der Waals surface area (Å²) in [5.41, 5.74) is 1.09. The second-order valence-corrected chi connectivity index (χ2v) is 6.04. The van der Waals surface area contributed by atoms with Crippen LogP contribution in [0.1, 0.15) is 28.5 Å². The highest BCUT2D eigenvalue weighted by Crippen LogP contribution is 2.25. The Morgan fingerprint density at radius 3 is 2.56 bits per heavy atom. The van der Waals surface area contributed by atoms with Gasteiger partial charge < -0.3 is 14.6 Å². The lowest BCUT2D eigenvalue weighted by Crippen LogP contribution is -2.24. The number of hydrogen-bond donors (Lipinski definition) is 1. The maximum absolute atomic E-state index is 12.7.